The maximum Gasteiger partial charge on any atom is 0.0564 e. The molecule has 1 aliphatic heterocycles. The lowest BCUT2D eigenvalue weighted by Gasteiger charge is -1.99. The van der Waals surface area contributed by atoms with Crippen molar-refractivity contribution in [2.75, 3.05) is 19.6 Å². The molecule has 0 radical (unpaired) electrons. The molecule has 2 fully saturated rings. The average Bonchev–Trinajstić information content (AvgIpc) is 2.39. The highest BCUT2D eigenvalue weighted by atomic mass is 16.3. The Morgan fingerprint density at radius 2 is 2.22 bits per heavy atom. The maximum absolute atomic E-state index is 8.90. The highest BCUT2D eigenvalue weighted by molar-refractivity contribution is 5.03. The van der Waals surface area contributed by atoms with E-state index in [4.69, 9.17) is 7.85 Å². The normalized spacial score (nSPS) is 51.9. The smallest absolute Gasteiger partial charge is 0.0564 e. The van der Waals surface area contributed by atoms with Gasteiger partial charge in [-0.25, -0.2) is 0 Å². The Morgan fingerprint density at radius 1 is 1.56 bits per heavy atom. The fourth-order valence-electron chi connectivity index (χ4n) is 1.95. The van der Waals surface area contributed by atoms with Gasteiger partial charge in [0.2, 0.25) is 0 Å². The minimum Gasteiger partial charge on any atom is -0.396 e. The first kappa shape index (κ1) is 3.94. The predicted molar refractivity (Wildman–Crippen MR) is 35.0 cm³/mol. The highest BCUT2D eigenvalue weighted by Gasteiger charge is 2.51. The van der Waals surface area contributed by atoms with Crippen molar-refractivity contribution in [1.29, 1.82) is 0 Å². The van der Waals surface area contributed by atoms with Gasteiger partial charge in [-0.2, -0.15) is 0 Å². The molecule has 1 unspecified atom stereocenters. The zero-order valence-corrected chi connectivity index (χ0v) is 5.30. The van der Waals surface area contributed by atoms with Crippen molar-refractivity contribution in [1.82, 2.24) is 5.32 Å². The van der Waals surface area contributed by atoms with Gasteiger partial charge < -0.3 is 10.4 Å². The van der Waals surface area contributed by atoms with Crippen LogP contribution in [0.4, 0.5) is 0 Å². The molecule has 0 aromatic carbocycles. The molecule has 0 bridgehead atoms. The summed E-state index contributed by atoms with van der Waals surface area (Å²) in [7, 11) is 0. The molecule has 2 aliphatic rings. The van der Waals surface area contributed by atoms with E-state index in [0.717, 1.165) is 13.1 Å². The van der Waals surface area contributed by atoms with E-state index in [-0.39, 0.29) is 0 Å². The number of hydrogen-bond acceptors (Lipinski definition) is 2. The van der Waals surface area contributed by atoms with Crippen LogP contribution in [0.15, 0.2) is 0 Å². The summed E-state index contributed by atoms with van der Waals surface area (Å²) in [5, 5.41) is 12.1. The molecule has 1 saturated carbocycles. The summed E-state index contributed by atoms with van der Waals surface area (Å²) < 4.78 is 14.0. The number of fused-ring (bicyclic) bond motifs is 1. The van der Waals surface area contributed by atoms with E-state index >= 15 is 0 Å². The van der Waals surface area contributed by atoms with Crippen molar-refractivity contribution >= 4 is 0 Å². The predicted octanol–water partition coefficient (Wildman–Crippen LogP) is -0.166. The van der Waals surface area contributed by atoms with Crippen LogP contribution in [-0.2, 0) is 0 Å². The highest BCUT2D eigenvalue weighted by Crippen LogP contribution is 2.50. The summed E-state index contributed by atoms with van der Waals surface area (Å²) in [5.41, 5.74) is 0. The summed E-state index contributed by atoms with van der Waals surface area (Å²) >= 11 is 0. The SMILES string of the molecule is [2H]C([2H])(O)CC1[C@H]2CNC[C@@H]12. The van der Waals surface area contributed by atoms with Gasteiger partial charge in [0.25, 0.3) is 0 Å². The molecule has 2 N–H and O–H groups in total. The molecule has 2 rings (SSSR count). The van der Waals surface area contributed by atoms with E-state index in [9.17, 15) is 0 Å². The number of rotatable bonds is 2. The summed E-state index contributed by atoms with van der Waals surface area (Å²) in [6.45, 7) is 0.0891. The number of nitrogens with one attached hydrogen (secondary N) is 1. The van der Waals surface area contributed by atoms with Gasteiger partial charge in [0.05, 0.1) is 2.74 Å². The summed E-state index contributed by atoms with van der Waals surface area (Å²) in [4.78, 5) is 0. The van der Waals surface area contributed by atoms with E-state index in [2.05, 4.69) is 5.32 Å². The van der Waals surface area contributed by atoms with Crippen LogP contribution in [0.3, 0.4) is 0 Å². The molecular weight excluding hydrogens is 114 g/mol. The van der Waals surface area contributed by atoms with Gasteiger partial charge in [0.15, 0.2) is 0 Å². The van der Waals surface area contributed by atoms with Crippen molar-refractivity contribution in [3.05, 3.63) is 0 Å². The lowest BCUT2D eigenvalue weighted by atomic mass is 10.2. The lowest BCUT2D eigenvalue weighted by molar-refractivity contribution is 0.272. The molecule has 52 valence electrons. The van der Waals surface area contributed by atoms with Crippen molar-refractivity contribution in [2.24, 2.45) is 17.8 Å². The van der Waals surface area contributed by atoms with Crippen LogP contribution in [0.2, 0.25) is 0 Å². The van der Waals surface area contributed by atoms with Gasteiger partial charge in [0, 0.05) is 6.56 Å². The van der Waals surface area contributed by atoms with Crippen molar-refractivity contribution in [3.63, 3.8) is 0 Å². The first-order valence-electron chi connectivity index (χ1n) is 4.51. The lowest BCUT2D eigenvalue weighted by Crippen LogP contribution is -2.14. The van der Waals surface area contributed by atoms with Crippen LogP contribution >= 0.6 is 0 Å². The van der Waals surface area contributed by atoms with Gasteiger partial charge in [-0.05, 0) is 37.3 Å². The monoisotopic (exact) mass is 129 g/mol. The third-order valence-electron chi connectivity index (χ3n) is 2.60. The Bertz CT molecular complexity index is 158. The van der Waals surface area contributed by atoms with E-state index in [1.54, 1.807) is 0 Å². The topological polar surface area (TPSA) is 32.3 Å². The molecule has 0 aromatic rings. The summed E-state index contributed by atoms with van der Waals surface area (Å²) in [6.07, 6.45) is 0.323. The Labute approximate surface area is 58.1 Å². The number of hydrogen-bond donors (Lipinski definition) is 2. The van der Waals surface area contributed by atoms with Crippen molar-refractivity contribution < 1.29 is 7.85 Å². The van der Waals surface area contributed by atoms with Crippen molar-refractivity contribution in [2.45, 2.75) is 6.42 Å². The molecule has 2 nitrogen and oxygen atoms in total. The van der Waals surface area contributed by atoms with E-state index in [0.29, 0.717) is 24.2 Å². The Kier molecular flexibility index (Phi) is 0.856. The van der Waals surface area contributed by atoms with E-state index in [1.165, 1.54) is 0 Å². The quantitative estimate of drug-likeness (QED) is 0.542. The molecule has 0 aromatic heterocycles. The minimum absolute atomic E-state index is 0.323. The average molecular weight is 129 g/mol. The molecule has 1 saturated heterocycles. The zero-order chi connectivity index (χ0) is 8.06. The van der Waals surface area contributed by atoms with Gasteiger partial charge in [0.1, 0.15) is 0 Å². The molecule has 0 amide bonds. The minimum atomic E-state index is -1.95. The zero-order valence-electron chi connectivity index (χ0n) is 7.30. The molecular formula is C7H13NO. The van der Waals surface area contributed by atoms with Crippen LogP contribution in [0, 0.1) is 17.8 Å². The third kappa shape index (κ3) is 0.775. The second-order valence-corrected chi connectivity index (χ2v) is 3.01. The first-order chi connectivity index (χ1) is 5.08. The molecule has 1 aliphatic carbocycles. The maximum atomic E-state index is 8.90. The van der Waals surface area contributed by atoms with E-state index in [1.807, 2.05) is 0 Å². The van der Waals surface area contributed by atoms with Gasteiger partial charge >= 0.3 is 0 Å². The molecule has 2 heteroatoms. The van der Waals surface area contributed by atoms with Crippen LogP contribution in [0.5, 0.6) is 0 Å². The Balaban J connectivity index is 1.83. The van der Waals surface area contributed by atoms with Gasteiger partial charge in [-0.1, -0.05) is 0 Å². The van der Waals surface area contributed by atoms with Crippen molar-refractivity contribution in [3.8, 4) is 0 Å². The molecule has 9 heavy (non-hydrogen) atoms. The molecule has 1 heterocycles. The fraction of sp³-hybridized carbons (Fsp3) is 1.00. The fourth-order valence-corrected chi connectivity index (χ4v) is 1.95. The van der Waals surface area contributed by atoms with Crippen LogP contribution in [0.25, 0.3) is 0 Å². The largest absolute Gasteiger partial charge is 0.396 e. The first-order valence-corrected chi connectivity index (χ1v) is 3.51. The van der Waals surface area contributed by atoms with Crippen LogP contribution < -0.4 is 5.32 Å². The van der Waals surface area contributed by atoms with Gasteiger partial charge in [-0.3, -0.25) is 0 Å². The van der Waals surface area contributed by atoms with Gasteiger partial charge in [-0.15, -0.1) is 0 Å². The Morgan fingerprint density at radius 3 is 2.78 bits per heavy atom. The van der Waals surface area contributed by atoms with Crippen LogP contribution in [0.1, 0.15) is 9.16 Å². The third-order valence-corrected chi connectivity index (χ3v) is 2.60. The summed E-state index contributed by atoms with van der Waals surface area (Å²) in [5.74, 6) is 1.74. The number of piperidine rings is 1. The second-order valence-electron chi connectivity index (χ2n) is 3.01. The second kappa shape index (κ2) is 1.96. The molecule has 0 spiro atoms. The van der Waals surface area contributed by atoms with E-state index < -0.39 is 6.56 Å². The Hall–Kier alpha value is -0.0800. The molecule has 3 atom stereocenters. The van der Waals surface area contributed by atoms with Crippen LogP contribution in [-0.4, -0.2) is 24.8 Å². The summed E-state index contributed by atoms with van der Waals surface area (Å²) in [6, 6.07) is 0. The number of aliphatic hydroxyl groups is 1. The standard InChI is InChI=1S/C7H13NO/c9-2-1-5-6-3-8-4-7(5)6/h5-9H,1-4H2/t5?,6-,7+/i2D2.